The first-order valence-electron chi connectivity index (χ1n) is 8.08. The molecule has 0 aromatic heterocycles. The number of hydrogen-bond donors (Lipinski definition) is 1. The second-order valence-corrected chi connectivity index (χ2v) is 6.94. The van der Waals surface area contributed by atoms with Crippen molar-refractivity contribution < 1.29 is 14.8 Å². The molecule has 1 heterocycles. The number of rotatable bonds is 8. The predicted octanol–water partition coefficient (Wildman–Crippen LogP) is 2.73. The molecule has 0 saturated carbocycles. The van der Waals surface area contributed by atoms with Crippen molar-refractivity contribution in [1.82, 2.24) is 4.90 Å². The van der Waals surface area contributed by atoms with E-state index >= 15 is 0 Å². The van der Waals surface area contributed by atoms with E-state index in [-0.39, 0.29) is 23.2 Å². The average Bonchev–Trinajstić information content (AvgIpc) is 2.92. The molecule has 0 bridgehead atoms. The summed E-state index contributed by atoms with van der Waals surface area (Å²) in [4.78, 5) is 48.0. The Morgan fingerprint density at radius 2 is 1.69 bits per heavy atom. The van der Waals surface area contributed by atoms with Crippen LogP contribution >= 0.6 is 11.8 Å². The highest BCUT2D eigenvalue weighted by atomic mass is 32.2. The van der Waals surface area contributed by atoms with E-state index in [0.29, 0.717) is 24.1 Å². The first-order chi connectivity index (χ1) is 12.6. The molecule has 1 aliphatic heterocycles. The van der Waals surface area contributed by atoms with E-state index in [4.69, 9.17) is 0 Å². The van der Waals surface area contributed by atoms with Crippen LogP contribution in [0, 0.1) is 9.81 Å². The van der Waals surface area contributed by atoms with Crippen LogP contribution in [0.2, 0.25) is 0 Å². The fraction of sp³-hybridized carbons (Fsp3) is 0.222. The van der Waals surface area contributed by atoms with Gasteiger partial charge in [0.25, 0.3) is 17.5 Å². The number of carbonyl (C=O) groups excluding carboxylic acids is 2. The monoisotopic (exact) mass is 370 g/mol. The van der Waals surface area contributed by atoms with Gasteiger partial charge in [-0.15, -0.1) is 16.7 Å². The molecule has 2 amide bonds. The molecule has 0 unspecified atom stereocenters. The highest BCUT2D eigenvalue weighted by molar-refractivity contribution is 7.99. The summed E-state index contributed by atoms with van der Waals surface area (Å²) in [7, 11) is 0. The van der Waals surface area contributed by atoms with Gasteiger partial charge < -0.3 is 0 Å². The molecular weight excluding hydrogens is 354 g/mol. The number of thioether (sulfide) groups is 1. The number of imide groups is 1. The van der Waals surface area contributed by atoms with Crippen LogP contribution in [0.1, 0.15) is 33.6 Å². The average molecular weight is 370 g/mol. The van der Waals surface area contributed by atoms with Crippen molar-refractivity contribution in [2.24, 2.45) is 5.18 Å². The maximum atomic E-state index is 12.3. The molecule has 0 radical (unpaired) electrons. The van der Waals surface area contributed by atoms with E-state index in [9.17, 15) is 19.4 Å². The maximum Gasteiger partial charge on any atom is 0.261 e. The molecule has 2 aromatic rings. The van der Waals surface area contributed by atoms with E-state index in [1.54, 1.807) is 41.6 Å². The summed E-state index contributed by atoms with van der Waals surface area (Å²) in [6, 6.07) is 11.5. The van der Waals surface area contributed by atoms with Gasteiger partial charge in [0, 0.05) is 33.7 Å². The van der Waals surface area contributed by atoms with E-state index in [2.05, 4.69) is 5.18 Å². The lowest BCUT2D eigenvalue weighted by molar-refractivity contribution is -0.379. The first kappa shape index (κ1) is 17.9. The van der Waals surface area contributed by atoms with Gasteiger partial charge in [0.05, 0.1) is 11.1 Å². The van der Waals surface area contributed by atoms with E-state index in [1.807, 2.05) is 0 Å². The van der Waals surface area contributed by atoms with Crippen molar-refractivity contribution >= 4 is 35.0 Å². The summed E-state index contributed by atoms with van der Waals surface area (Å²) in [5.41, 5.74) is 1.40. The molecule has 0 fully saturated rings. The number of hydrogen-bond acceptors (Lipinski definition) is 6. The van der Waals surface area contributed by atoms with Crippen molar-refractivity contribution in [1.29, 1.82) is 0 Å². The Bertz CT molecular complexity index is 823. The third-order valence-electron chi connectivity index (χ3n) is 4.04. The van der Waals surface area contributed by atoms with Gasteiger partial charge in [-0.3, -0.25) is 14.5 Å². The lowest BCUT2D eigenvalue weighted by Crippen LogP contribution is -2.55. The quantitative estimate of drug-likeness (QED) is 0.333. The van der Waals surface area contributed by atoms with Crippen LogP contribution < -0.4 is 5.18 Å². The van der Waals surface area contributed by atoms with Crippen molar-refractivity contribution in [3.05, 3.63) is 63.4 Å². The summed E-state index contributed by atoms with van der Waals surface area (Å²) >= 11 is 1.48. The smallest absolute Gasteiger partial charge is 0.261 e. The summed E-state index contributed by atoms with van der Waals surface area (Å²) < 4.78 is 0. The Morgan fingerprint density at radius 3 is 2.31 bits per heavy atom. The van der Waals surface area contributed by atoms with Crippen molar-refractivity contribution in [3.8, 4) is 0 Å². The van der Waals surface area contributed by atoms with Gasteiger partial charge in [-0.25, -0.2) is 0 Å². The fourth-order valence-electron chi connectivity index (χ4n) is 2.78. The van der Waals surface area contributed by atoms with Crippen LogP contribution in [0.25, 0.3) is 0 Å². The van der Waals surface area contributed by atoms with Gasteiger partial charge in [-0.05, 0) is 42.0 Å². The number of fused-ring (bicyclic) bond motifs is 1. The third kappa shape index (κ3) is 3.70. The minimum absolute atomic E-state index is 0.194. The molecule has 0 aliphatic carbocycles. The summed E-state index contributed by atoms with van der Waals surface area (Å²) in [5.74, 6) is 0.243. The predicted molar refractivity (Wildman–Crippen MR) is 97.7 cm³/mol. The number of nitroso groups, excluding NO2 is 2. The normalized spacial score (nSPS) is 13.0. The zero-order valence-corrected chi connectivity index (χ0v) is 14.6. The molecule has 132 valence electrons. The molecule has 1 N–H and O–H groups in total. The fourth-order valence-corrected chi connectivity index (χ4v) is 3.78. The summed E-state index contributed by atoms with van der Waals surface area (Å²) in [5, 5.41) is 4.60. The Balaban J connectivity index is 1.50. The van der Waals surface area contributed by atoms with Crippen LogP contribution in [0.3, 0.4) is 0 Å². The standard InChI is InChI=1S/C18H15N3O4S/c22-17-15-5-1-2-6-16(15)18(23)21(17)7-3-4-8-26-14-10-12(19-24)9-13(11-14)20-25/h1-2,5-6,9-11H,3-4,7-8H2/p+1. The molecule has 1 aliphatic rings. The Morgan fingerprint density at radius 1 is 1.00 bits per heavy atom. The van der Waals surface area contributed by atoms with Crippen LogP contribution in [0.15, 0.2) is 52.5 Å². The second-order valence-electron chi connectivity index (χ2n) is 5.77. The first-order valence-corrected chi connectivity index (χ1v) is 9.07. The van der Waals surface area contributed by atoms with Crippen molar-refractivity contribution in [3.63, 3.8) is 0 Å². The second kappa shape index (κ2) is 8.01. The molecule has 7 nitrogen and oxygen atoms in total. The topological polar surface area (TPSA) is 97.8 Å². The molecule has 2 aromatic carbocycles. The van der Waals surface area contributed by atoms with Gasteiger partial charge in [-0.1, -0.05) is 12.1 Å². The SMILES string of the molecule is O=Nc1cc([NH+]=O)cc(SCCCCN2C(=O)c3ccccc3C2=O)c1. The number of nitrogens with one attached hydrogen (secondary N) is 1. The van der Waals surface area contributed by atoms with E-state index in [1.165, 1.54) is 22.7 Å². The highest BCUT2D eigenvalue weighted by Gasteiger charge is 2.34. The number of nitrogens with zero attached hydrogens (tertiary/aromatic N) is 2. The van der Waals surface area contributed by atoms with Gasteiger partial charge in [0.15, 0.2) is 0 Å². The Labute approximate surface area is 153 Å². The summed E-state index contributed by atoms with van der Waals surface area (Å²) in [6.45, 7) is 0.371. The lowest BCUT2D eigenvalue weighted by atomic mass is 10.1. The molecular formula is C18H16N3O4S+. The molecule has 0 saturated heterocycles. The van der Waals surface area contributed by atoms with Crippen molar-refractivity contribution in [2.45, 2.75) is 17.7 Å². The zero-order chi connectivity index (χ0) is 18.5. The number of carbonyl (C=O) groups is 2. The molecule has 26 heavy (non-hydrogen) atoms. The molecule has 0 spiro atoms. The molecule has 0 atom stereocenters. The number of benzene rings is 2. The van der Waals surface area contributed by atoms with E-state index < -0.39 is 0 Å². The maximum absolute atomic E-state index is 12.3. The van der Waals surface area contributed by atoms with E-state index in [0.717, 1.165) is 17.1 Å². The minimum atomic E-state index is -0.242. The van der Waals surface area contributed by atoms with Gasteiger partial charge in [0.1, 0.15) is 5.69 Å². The lowest BCUT2D eigenvalue weighted by Gasteiger charge is -2.13. The van der Waals surface area contributed by atoms with Gasteiger partial charge in [0.2, 0.25) is 0 Å². The summed E-state index contributed by atoms with van der Waals surface area (Å²) in [6.07, 6.45) is 1.45. The van der Waals surface area contributed by atoms with Gasteiger partial charge >= 0.3 is 0 Å². The van der Waals surface area contributed by atoms with Crippen LogP contribution in [-0.2, 0) is 0 Å². The molecule has 8 heteroatoms. The number of unbranched alkanes of at least 4 members (excludes halogenated alkanes) is 1. The number of amides is 2. The Kier molecular flexibility index (Phi) is 5.52. The largest absolute Gasteiger partial charge is 0.274 e. The Hall–Kier alpha value is -2.87. The highest BCUT2D eigenvalue weighted by Crippen LogP contribution is 2.27. The molecule has 3 rings (SSSR count). The van der Waals surface area contributed by atoms with Crippen LogP contribution in [0.5, 0.6) is 0 Å². The van der Waals surface area contributed by atoms with Crippen molar-refractivity contribution in [2.75, 3.05) is 12.3 Å². The van der Waals surface area contributed by atoms with Gasteiger partial charge in [-0.2, -0.15) is 0 Å². The van der Waals surface area contributed by atoms with Crippen LogP contribution in [0.4, 0.5) is 11.4 Å². The third-order valence-corrected chi connectivity index (χ3v) is 5.10. The zero-order valence-electron chi connectivity index (χ0n) is 13.8. The van der Waals surface area contributed by atoms with Crippen LogP contribution in [-0.4, -0.2) is 29.0 Å². The minimum Gasteiger partial charge on any atom is -0.274 e.